The lowest BCUT2D eigenvalue weighted by atomic mass is 9.95. The Bertz CT molecular complexity index is 779. The number of urea groups is 1. The van der Waals surface area contributed by atoms with E-state index in [1.165, 1.54) is 0 Å². The van der Waals surface area contributed by atoms with Crippen LogP contribution in [0.2, 0.25) is 0 Å². The lowest BCUT2D eigenvalue weighted by Crippen LogP contribution is -2.46. The maximum absolute atomic E-state index is 12.8. The predicted octanol–water partition coefficient (Wildman–Crippen LogP) is 2.22. The summed E-state index contributed by atoms with van der Waals surface area (Å²) in [6, 6.07) is 9.95. The van der Waals surface area contributed by atoms with Gasteiger partial charge < -0.3 is 14.7 Å². The Morgan fingerprint density at radius 3 is 2.52 bits per heavy atom. The van der Waals surface area contributed by atoms with Crippen molar-refractivity contribution in [2.24, 2.45) is 5.92 Å². The summed E-state index contributed by atoms with van der Waals surface area (Å²) in [5.41, 5.74) is 2.05. The van der Waals surface area contributed by atoms with Crippen LogP contribution in [-0.4, -0.2) is 70.7 Å². The van der Waals surface area contributed by atoms with Crippen LogP contribution in [0.25, 0.3) is 5.69 Å². The summed E-state index contributed by atoms with van der Waals surface area (Å²) < 4.78 is 1.81. The first kappa shape index (κ1) is 18.9. The van der Waals surface area contributed by atoms with Gasteiger partial charge in [0.05, 0.1) is 5.69 Å². The zero-order valence-electron chi connectivity index (χ0n) is 16.2. The number of benzene rings is 1. The minimum absolute atomic E-state index is 0.0180. The van der Waals surface area contributed by atoms with Crippen LogP contribution in [0, 0.1) is 5.92 Å². The second-order valence-electron chi connectivity index (χ2n) is 7.25. The molecule has 0 bridgehead atoms. The molecule has 27 heavy (non-hydrogen) atoms. The number of amides is 3. The molecule has 1 aliphatic rings. The number of rotatable bonds is 4. The molecule has 2 aromatic rings. The third-order valence-electron chi connectivity index (χ3n) is 4.97. The van der Waals surface area contributed by atoms with E-state index >= 15 is 0 Å². The third-order valence-corrected chi connectivity index (χ3v) is 4.97. The molecule has 1 aromatic carbocycles. The molecule has 144 valence electrons. The molecule has 3 amide bonds. The van der Waals surface area contributed by atoms with Crippen LogP contribution in [0.5, 0.6) is 0 Å². The van der Waals surface area contributed by atoms with Gasteiger partial charge >= 0.3 is 6.03 Å². The van der Waals surface area contributed by atoms with Gasteiger partial charge in [0, 0.05) is 59.1 Å². The average Bonchev–Trinajstić information content (AvgIpc) is 3.22. The van der Waals surface area contributed by atoms with E-state index in [4.69, 9.17) is 0 Å². The van der Waals surface area contributed by atoms with Crippen LogP contribution in [0.4, 0.5) is 4.79 Å². The smallest absolute Gasteiger partial charge is 0.319 e. The maximum Gasteiger partial charge on any atom is 0.319 e. The summed E-state index contributed by atoms with van der Waals surface area (Å²) in [4.78, 5) is 30.0. The van der Waals surface area contributed by atoms with Crippen molar-refractivity contribution in [1.29, 1.82) is 0 Å². The highest BCUT2D eigenvalue weighted by molar-refractivity contribution is 5.79. The molecular weight excluding hydrogens is 342 g/mol. The zero-order valence-corrected chi connectivity index (χ0v) is 16.2. The Hall–Kier alpha value is -2.83. The quantitative estimate of drug-likeness (QED) is 0.830. The summed E-state index contributed by atoms with van der Waals surface area (Å²) in [5, 5.41) is 4.25. The molecule has 1 fully saturated rings. The van der Waals surface area contributed by atoms with Crippen molar-refractivity contribution in [2.75, 3.05) is 34.2 Å². The van der Waals surface area contributed by atoms with E-state index in [-0.39, 0.29) is 17.9 Å². The van der Waals surface area contributed by atoms with Crippen molar-refractivity contribution in [3.05, 3.63) is 48.3 Å². The number of aromatic nitrogens is 2. The average molecular weight is 369 g/mol. The summed E-state index contributed by atoms with van der Waals surface area (Å²) in [7, 11) is 5.36. The zero-order chi connectivity index (χ0) is 19.4. The van der Waals surface area contributed by atoms with Crippen LogP contribution in [-0.2, 0) is 11.3 Å². The molecule has 1 saturated heterocycles. The van der Waals surface area contributed by atoms with Gasteiger partial charge in [-0.1, -0.05) is 12.1 Å². The van der Waals surface area contributed by atoms with E-state index in [1.54, 1.807) is 30.1 Å². The van der Waals surface area contributed by atoms with Crippen molar-refractivity contribution in [2.45, 2.75) is 19.4 Å². The van der Waals surface area contributed by atoms with E-state index in [9.17, 15) is 9.59 Å². The molecule has 0 saturated carbocycles. The van der Waals surface area contributed by atoms with Crippen molar-refractivity contribution in [3.63, 3.8) is 0 Å². The van der Waals surface area contributed by atoms with Gasteiger partial charge in [0.1, 0.15) is 0 Å². The molecule has 0 N–H and O–H groups in total. The second kappa shape index (κ2) is 8.24. The van der Waals surface area contributed by atoms with Gasteiger partial charge in [0.2, 0.25) is 5.91 Å². The summed E-state index contributed by atoms with van der Waals surface area (Å²) in [6.45, 7) is 1.83. The number of nitrogens with zero attached hydrogens (tertiary/aromatic N) is 5. The Morgan fingerprint density at radius 2 is 1.89 bits per heavy atom. The summed E-state index contributed by atoms with van der Waals surface area (Å²) >= 11 is 0. The van der Waals surface area contributed by atoms with Crippen LogP contribution >= 0.6 is 0 Å². The molecule has 1 aliphatic heterocycles. The van der Waals surface area contributed by atoms with Crippen molar-refractivity contribution >= 4 is 11.9 Å². The number of likely N-dealkylation sites (tertiary alicyclic amines) is 1. The lowest BCUT2D eigenvalue weighted by Gasteiger charge is -2.34. The largest absolute Gasteiger partial charge is 0.341 e. The topological polar surface area (TPSA) is 61.7 Å². The van der Waals surface area contributed by atoms with Crippen LogP contribution in [0.1, 0.15) is 18.4 Å². The molecular formula is C20H27N5O2. The number of piperidine rings is 1. The van der Waals surface area contributed by atoms with Crippen molar-refractivity contribution in [3.8, 4) is 5.69 Å². The Kier molecular flexibility index (Phi) is 5.78. The highest BCUT2D eigenvalue weighted by atomic mass is 16.2. The van der Waals surface area contributed by atoms with Gasteiger partial charge in [0.15, 0.2) is 0 Å². The molecule has 0 spiro atoms. The second-order valence-corrected chi connectivity index (χ2v) is 7.25. The van der Waals surface area contributed by atoms with E-state index < -0.39 is 0 Å². The van der Waals surface area contributed by atoms with Gasteiger partial charge in [0.25, 0.3) is 0 Å². The molecule has 7 heteroatoms. The SMILES string of the molecule is CN(C)C(=O)N1CCC(C(=O)N(C)Cc2cccc(-n3cccn3)c2)CC1. The van der Waals surface area contributed by atoms with Crippen LogP contribution in [0.15, 0.2) is 42.7 Å². The summed E-state index contributed by atoms with van der Waals surface area (Å²) in [6.07, 6.45) is 5.08. The van der Waals surface area contributed by atoms with E-state index in [0.717, 1.165) is 24.1 Å². The van der Waals surface area contributed by atoms with Gasteiger partial charge in [-0.15, -0.1) is 0 Å². The monoisotopic (exact) mass is 369 g/mol. The van der Waals surface area contributed by atoms with E-state index in [2.05, 4.69) is 11.2 Å². The number of hydrogen-bond donors (Lipinski definition) is 0. The Morgan fingerprint density at radius 1 is 1.15 bits per heavy atom. The predicted molar refractivity (Wildman–Crippen MR) is 103 cm³/mol. The number of carbonyl (C=O) groups excluding carboxylic acids is 2. The molecule has 3 rings (SSSR count). The Balaban J connectivity index is 1.57. The first-order valence-corrected chi connectivity index (χ1v) is 9.26. The summed E-state index contributed by atoms with van der Waals surface area (Å²) in [5.74, 6) is 0.131. The fourth-order valence-electron chi connectivity index (χ4n) is 3.48. The lowest BCUT2D eigenvalue weighted by molar-refractivity contribution is -0.136. The minimum atomic E-state index is -0.0180. The minimum Gasteiger partial charge on any atom is -0.341 e. The first-order valence-electron chi connectivity index (χ1n) is 9.26. The number of carbonyl (C=O) groups is 2. The van der Waals surface area contributed by atoms with Gasteiger partial charge in [-0.3, -0.25) is 4.79 Å². The van der Waals surface area contributed by atoms with Crippen molar-refractivity contribution in [1.82, 2.24) is 24.5 Å². The molecule has 0 unspecified atom stereocenters. The highest BCUT2D eigenvalue weighted by Gasteiger charge is 2.29. The molecule has 0 aliphatic carbocycles. The standard InChI is InChI=1S/C20H27N5O2/c1-22(2)20(27)24-12-8-17(9-13-24)19(26)23(3)15-16-6-4-7-18(14-16)25-11-5-10-21-25/h4-7,10-11,14,17H,8-9,12-13,15H2,1-3H3. The van der Waals surface area contributed by atoms with Crippen LogP contribution < -0.4 is 0 Å². The van der Waals surface area contributed by atoms with Gasteiger partial charge in [-0.25, -0.2) is 9.48 Å². The van der Waals surface area contributed by atoms with Crippen molar-refractivity contribution < 1.29 is 9.59 Å². The fraction of sp³-hybridized carbons (Fsp3) is 0.450. The Labute approximate surface area is 160 Å². The van der Waals surface area contributed by atoms with E-state index in [1.807, 2.05) is 47.1 Å². The molecule has 7 nitrogen and oxygen atoms in total. The first-order chi connectivity index (χ1) is 13.0. The van der Waals surface area contributed by atoms with Crippen LogP contribution in [0.3, 0.4) is 0 Å². The van der Waals surface area contributed by atoms with Gasteiger partial charge in [-0.2, -0.15) is 5.10 Å². The number of hydrogen-bond acceptors (Lipinski definition) is 3. The molecule has 0 radical (unpaired) electrons. The van der Waals surface area contributed by atoms with Gasteiger partial charge in [-0.05, 0) is 36.6 Å². The fourth-order valence-corrected chi connectivity index (χ4v) is 3.48. The third kappa shape index (κ3) is 4.48. The molecule has 1 aromatic heterocycles. The normalized spacial score (nSPS) is 14.9. The highest BCUT2D eigenvalue weighted by Crippen LogP contribution is 2.21. The van der Waals surface area contributed by atoms with E-state index in [0.29, 0.717) is 19.6 Å². The molecule has 0 atom stereocenters. The molecule has 2 heterocycles. The maximum atomic E-state index is 12.8.